The third kappa shape index (κ3) is 3.69. The van der Waals surface area contributed by atoms with Crippen LogP contribution >= 0.6 is 15.9 Å². The molecule has 0 fully saturated rings. The Balaban J connectivity index is 1.82. The van der Waals surface area contributed by atoms with Gasteiger partial charge in [-0.2, -0.15) is 0 Å². The van der Waals surface area contributed by atoms with Crippen molar-refractivity contribution in [2.75, 3.05) is 12.0 Å². The molecule has 0 saturated carbocycles. The molecule has 0 atom stereocenters. The van der Waals surface area contributed by atoms with Crippen LogP contribution in [0, 0.1) is 0 Å². The van der Waals surface area contributed by atoms with Gasteiger partial charge in [0.05, 0.1) is 23.0 Å². The number of para-hydroxylation sites is 2. The van der Waals surface area contributed by atoms with Crippen molar-refractivity contribution in [1.29, 1.82) is 0 Å². The Labute approximate surface area is 177 Å². The van der Waals surface area contributed by atoms with Crippen LogP contribution in [0.25, 0.3) is 11.8 Å². The van der Waals surface area contributed by atoms with Crippen LogP contribution in [0.4, 0.5) is 5.69 Å². The second-order valence-electron chi connectivity index (χ2n) is 6.52. The quantitative estimate of drug-likeness (QED) is 0.526. The highest BCUT2D eigenvalue weighted by Gasteiger charge is 2.31. The summed E-state index contributed by atoms with van der Waals surface area (Å²) >= 11 is 3.48. The van der Waals surface area contributed by atoms with Gasteiger partial charge in [0.1, 0.15) is 11.5 Å². The molecule has 4 rings (SSSR count). The Kier molecular flexibility index (Phi) is 5.23. The molecular formula is C24H18BrNO3. The van der Waals surface area contributed by atoms with E-state index in [2.05, 4.69) is 15.9 Å². The Hall–Kier alpha value is -3.31. The number of benzene rings is 3. The smallest absolute Gasteiger partial charge is 0.263 e. The number of phenolic OH excluding ortho intramolecular Hbond substituents is 1. The van der Waals surface area contributed by atoms with Crippen molar-refractivity contribution in [2.45, 2.75) is 0 Å². The number of aromatic hydroxyl groups is 1. The van der Waals surface area contributed by atoms with E-state index in [0.717, 1.165) is 27.0 Å². The highest BCUT2D eigenvalue weighted by molar-refractivity contribution is 9.10. The first-order valence-electron chi connectivity index (χ1n) is 9.03. The van der Waals surface area contributed by atoms with E-state index in [0.29, 0.717) is 11.3 Å². The second kappa shape index (κ2) is 7.97. The summed E-state index contributed by atoms with van der Waals surface area (Å²) in [5, 5.41) is 10.4. The zero-order chi connectivity index (χ0) is 20.4. The van der Waals surface area contributed by atoms with Crippen molar-refractivity contribution in [2.24, 2.45) is 0 Å². The molecule has 144 valence electrons. The van der Waals surface area contributed by atoms with E-state index in [9.17, 15) is 9.90 Å². The van der Waals surface area contributed by atoms with Gasteiger partial charge in [0.15, 0.2) is 0 Å². The number of hydrogen-bond donors (Lipinski definition) is 1. The molecule has 1 amide bonds. The molecule has 0 aliphatic carbocycles. The number of ether oxygens (including phenoxy) is 1. The number of hydrogen-bond acceptors (Lipinski definition) is 3. The second-order valence-corrected chi connectivity index (χ2v) is 7.37. The van der Waals surface area contributed by atoms with E-state index in [1.165, 1.54) is 0 Å². The average Bonchev–Trinajstić information content (AvgIpc) is 3.05. The minimum Gasteiger partial charge on any atom is -0.506 e. The van der Waals surface area contributed by atoms with Crippen LogP contribution in [0.2, 0.25) is 0 Å². The lowest BCUT2D eigenvalue weighted by Gasteiger charge is -2.21. The topological polar surface area (TPSA) is 49.8 Å². The molecule has 0 unspecified atom stereocenters. The predicted molar refractivity (Wildman–Crippen MR) is 119 cm³/mol. The van der Waals surface area contributed by atoms with Gasteiger partial charge in [-0.1, -0.05) is 48.5 Å². The van der Waals surface area contributed by atoms with Crippen LogP contribution < -0.4 is 9.64 Å². The predicted octanol–water partition coefficient (Wildman–Crippen LogP) is 5.63. The van der Waals surface area contributed by atoms with Gasteiger partial charge in [-0.05, 0) is 63.5 Å². The van der Waals surface area contributed by atoms with Crippen molar-refractivity contribution in [3.8, 4) is 11.5 Å². The van der Waals surface area contributed by atoms with Crippen molar-refractivity contribution >= 4 is 39.3 Å². The number of halogens is 1. The van der Waals surface area contributed by atoms with Crippen LogP contribution in [0.1, 0.15) is 11.1 Å². The van der Waals surface area contributed by atoms with Crippen LogP contribution in [-0.4, -0.2) is 18.1 Å². The van der Waals surface area contributed by atoms with Gasteiger partial charge < -0.3 is 9.84 Å². The number of amides is 1. The van der Waals surface area contributed by atoms with Crippen molar-refractivity contribution < 1.29 is 14.6 Å². The molecule has 0 radical (unpaired) electrons. The molecular weight excluding hydrogens is 430 g/mol. The molecule has 0 aromatic heterocycles. The fraction of sp³-hybridized carbons (Fsp3) is 0.0417. The number of carbonyl (C=O) groups is 1. The molecule has 4 nitrogen and oxygen atoms in total. The highest BCUT2D eigenvalue weighted by Crippen LogP contribution is 2.39. The summed E-state index contributed by atoms with van der Waals surface area (Å²) in [6.07, 6.45) is 3.68. The fourth-order valence-corrected chi connectivity index (χ4v) is 3.84. The normalized spacial score (nSPS) is 15.0. The zero-order valence-electron chi connectivity index (χ0n) is 15.7. The highest BCUT2D eigenvalue weighted by atomic mass is 79.9. The Morgan fingerprint density at radius 3 is 2.41 bits per heavy atom. The zero-order valence-corrected chi connectivity index (χ0v) is 17.3. The molecule has 1 heterocycles. The van der Waals surface area contributed by atoms with Gasteiger partial charge in [-0.3, -0.25) is 9.69 Å². The molecule has 0 spiro atoms. The Bertz CT molecular complexity index is 1140. The summed E-state index contributed by atoms with van der Waals surface area (Å²) in [6.45, 7) is 0. The van der Waals surface area contributed by atoms with Gasteiger partial charge in [0.2, 0.25) is 0 Å². The third-order valence-electron chi connectivity index (χ3n) is 4.67. The Morgan fingerprint density at radius 2 is 1.72 bits per heavy atom. The first kappa shape index (κ1) is 19.0. The summed E-state index contributed by atoms with van der Waals surface area (Å²) < 4.78 is 6.08. The first-order chi connectivity index (χ1) is 14.1. The number of rotatable bonds is 4. The SMILES string of the molecule is COc1ccc(/C=C2\C=C(c3ccccc3)N(c3ccccc3O)C2=O)cc1Br. The van der Waals surface area contributed by atoms with Crippen LogP contribution in [-0.2, 0) is 4.79 Å². The summed E-state index contributed by atoms with van der Waals surface area (Å²) in [6, 6.07) is 22.1. The maximum Gasteiger partial charge on any atom is 0.263 e. The lowest BCUT2D eigenvalue weighted by atomic mass is 10.1. The molecule has 1 aliphatic rings. The molecule has 0 saturated heterocycles. The summed E-state index contributed by atoms with van der Waals surface area (Å²) in [7, 11) is 1.61. The van der Waals surface area contributed by atoms with Gasteiger partial charge in [-0.15, -0.1) is 0 Å². The number of anilines is 1. The van der Waals surface area contributed by atoms with Gasteiger partial charge >= 0.3 is 0 Å². The monoisotopic (exact) mass is 447 g/mol. The van der Waals surface area contributed by atoms with E-state index >= 15 is 0 Å². The summed E-state index contributed by atoms with van der Waals surface area (Å²) in [5.74, 6) is 0.578. The fourth-order valence-electron chi connectivity index (χ4n) is 3.28. The molecule has 0 bridgehead atoms. The van der Waals surface area contributed by atoms with Crippen molar-refractivity contribution in [3.63, 3.8) is 0 Å². The Morgan fingerprint density at radius 1 is 1.00 bits per heavy atom. The van der Waals surface area contributed by atoms with E-state index in [1.807, 2.05) is 60.7 Å². The van der Waals surface area contributed by atoms with E-state index in [-0.39, 0.29) is 11.7 Å². The van der Waals surface area contributed by atoms with E-state index < -0.39 is 0 Å². The number of nitrogens with zero attached hydrogens (tertiary/aromatic N) is 1. The van der Waals surface area contributed by atoms with Crippen molar-refractivity contribution in [3.05, 3.63) is 100 Å². The first-order valence-corrected chi connectivity index (χ1v) is 9.82. The minimum atomic E-state index is -0.197. The van der Waals surface area contributed by atoms with Gasteiger partial charge in [-0.25, -0.2) is 0 Å². The van der Waals surface area contributed by atoms with E-state index in [1.54, 1.807) is 36.3 Å². The number of methoxy groups -OCH3 is 1. The van der Waals surface area contributed by atoms with E-state index in [4.69, 9.17) is 4.74 Å². The maximum absolute atomic E-state index is 13.3. The molecule has 3 aromatic carbocycles. The maximum atomic E-state index is 13.3. The standard InChI is InChI=1S/C24H18BrNO3/c1-29-23-12-11-16(14-19(23)25)13-18-15-21(17-7-3-2-4-8-17)26(24(18)28)20-9-5-6-10-22(20)27/h2-15,27H,1H3/b18-13+. The number of carbonyl (C=O) groups excluding carboxylic acids is 1. The van der Waals surface area contributed by atoms with Crippen molar-refractivity contribution in [1.82, 2.24) is 0 Å². The molecule has 1 aliphatic heterocycles. The molecule has 1 N–H and O–H groups in total. The van der Waals surface area contributed by atoms with Crippen LogP contribution in [0.15, 0.2) is 88.9 Å². The summed E-state index contributed by atoms with van der Waals surface area (Å²) in [5.41, 5.74) is 3.46. The molecule has 5 heteroatoms. The van der Waals surface area contributed by atoms with Crippen LogP contribution in [0.3, 0.4) is 0 Å². The molecule has 3 aromatic rings. The largest absolute Gasteiger partial charge is 0.506 e. The van der Waals surface area contributed by atoms with Crippen LogP contribution in [0.5, 0.6) is 11.5 Å². The lowest BCUT2D eigenvalue weighted by Crippen LogP contribution is -2.25. The van der Waals surface area contributed by atoms with Gasteiger partial charge in [0, 0.05) is 5.57 Å². The third-order valence-corrected chi connectivity index (χ3v) is 5.29. The minimum absolute atomic E-state index is 0.0520. The lowest BCUT2D eigenvalue weighted by molar-refractivity contribution is -0.113. The van der Waals surface area contributed by atoms with Gasteiger partial charge in [0.25, 0.3) is 5.91 Å². The summed E-state index contributed by atoms with van der Waals surface area (Å²) in [4.78, 5) is 14.9. The average molecular weight is 448 g/mol. The number of phenols is 1. The molecule has 29 heavy (non-hydrogen) atoms.